The van der Waals surface area contributed by atoms with Gasteiger partial charge in [-0.15, -0.1) is 0 Å². The lowest BCUT2D eigenvalue weighted by Gasteiger charge is -2.33. The summed E-state index contributed by atoms with van der Waals surface area (Å²) in [5, 5.41) is 15.0. The van der Waals surface area contributed by atoms with Gasteiger partial charge in [-0.1, -0.05) is 20.3 Å². The Morgan fingerprint density at radius 1 is 1.40 bits per heavy atom. The van der Waals surface area contributed by atoms with Crippen LogP contribution in [0.5, 0.6) is 0 Å². The van der Waals surface area contributed by atoms with E-state index in [0.717, 1.165) is 19.5 Å². The molecule has 1 rings (SSSR count). The molecule has 0 spiro atoms. The van der Waals surface area contributed by atoms with Gasteiger partial charge < -0.3 is 15.7 Å². The molecule has 118 valence electrons. The predicted molar refractivity (Wildman–Crippen MR) is 81.7 cm³/mol. The Hall–Kier alpha value is -0.810. The van der Waals surface area contributed by atoms with Crippen LogP contribution < -0.4 is 10.6 Å². The number of carbonyl (C=O) groups excluding carboxylic acids is 1. The molecule has 20 heavy (non-hydrogen) atoms. The van der Waals surface area contributed by atoms with E-state index in [1.54, 1.807) is 0 Å². The standard InChI is InChI=1S/C15H31N3O2/c1-12(2)10-14(11-19)17-15(20)16-7-9-18-8-5-4-6-13(18)3/h12-14,19H,4-11H2,1-3H3,(H2,16,17,20). The molecule has 0 radical (unpaired) electrons. The van der Waals surface area contributed by atoms with E-state index < -0.39 is 0 Å². The molecule has 1 heterocycles. The van der Waals surface area contributed by atoms with Gasteiger partial charge in [-0.2, -0.15) is 0 Å². The second-order valence-electron chi connectivity index (χ2n) is 6.29. The Balaban J connectivity index is 2.18. The van der Waals surface area contributed by atoms with Crippen LogP contribution in [0, 0.1) is 5.92 Å². The summed E-state index contributed by atoms with van der Waals surface area (Å²) in [5.41, 5.74) is 0. The summed E-state index contributed by atoms with van der Waals surface area (Å²) < 4.78 is 0. The minimum Gasteiger partial charge on any atom is -0.394 e. The zero-order valence-corrected chi connectivity index (χ0v) is 13.2. The molecule has 0 saturated carbocycles. The lowest BCUT2D eigenvalue weighted by molar-refractivity contribution is 0.160. The average Bonchev–Trinajstić information content (AvgIpc) is 2.39. The van der Waals surface area contributed by atoms with Crippen molar-refractivity contribution in [3.63, 3.8) is 0 Å². The fraction of sp³-hybridized carbons (Fsp3) is 0.933. The molecule has 2 amide bonds. The van der Waals surface area contributed by atoms with Crippen LogP contribution in [0.2, 0.25) is 0 Å². The van der Waals surface area contributed by atoms with E-state index in [1.807, 2.05) is 0 Å². The van der Waals surface area contributed by atoms with Gasteiger partial charge >= 0.3 is 6.03 Å². The number of rotatable bonds is 7. The number of hydrogen-bond acceptors (Lipinski definition) is 3. The minimum absolute atomic E-state index is 0.00520. The average molecular weight is 285 g/mol. The van der Waals surface area contributed by atoms with Gasteiger partial charge in [0.05, 0.1) is 12.6 Å². The molecule has 0 aliphatic carbocycles. The maximum Gasteiger partial charge on any atom is 0.315 e. The lowest BCUT2D eigenvalue weighted by Crippen LogP contribution is -2.47. The fourth-order valence-corrected chi connectivity index (χ4v) is 2.79. The van der Waals surface area contributed by atoms with Crippen molar-refractivity contribution < 1.29 is 9.90 Å². The third-order valence-corrected chi connectivity index (χ3v) is 3.94. The van der Waals surface area contributed by atoms with Gasteiger partial charge in [-0.25, -0.2) is 4.79 Å². The highest BCUT2D eigenvalue weighted by atomic mass is 16.3. The zero-order chi connectivity index (χ0) is 15.0. The highest BCUT2D eigenvalue weighted by Crippen LogP contribution is 2.15. The Kier molecular flexibility index (Phi) is 7.92. The van der Waals surface area contributed by atoms with Gasteiger partial charge in [-0.3, -0.25) is 4.90 Å². The zero-order valence-electron chi connectivity index (χ0n) is 13.2. The van der Waals surface area contributed by atoms with Crippen LogP contribution >= 0.6 is 0 Å². The summed E-state index contributed by atoms with van der Waals surface area (Å²) in [6.07, 6.45) is 4.64. The predicted octanol–water partition coefficient (Wildman–Crippen LogP) is 1.57. The molecule has 2 atom stereocenters. The SMILES string of the molecule is CC(C)CC(CO)NC(=O)NCCN1CCCCC1C. The monoisotopic (exact) mass is 285 g/mol. The Morgan fingerprint density at radius 2 is 2.15 bits per heavy atom. The second kappa shape index (κ2) is 9.19. The van der Waals surface area contributed by atoms with Crippen molar-refractivity contribution in [1.29, 1.82) is 0 Å². The maximum absolute atomic E-state index is 11.8. The van der Waals surface area contributed by atoms with Crippen LogP contribution in [0.3, 0.4) is 0 Å². The lowest BCUT2D eigenvalue weighted by atomic mass is 10.0. The number of urea groups is 1. The van der Waals surface area contributed by atoms with Crippen LogP contribution in [-0.2, 0) is 0 Å². The topological polar surface area (TPSA) is 64.6 Å². The molecule has 1 fully saturated rings. The van der Waals surface area contributed by atoms with Crippen molar-refractivity contribution in [1.82, 2.24) is 15.5 Å². The molecule has 0 bridgehead atoms. The van der Waals surface area contributed by atoms with E-state index in [9.17, 15) is 9.90 Å². The number of aliphatic hydroxyl groups excluding tert-OH is 1. The molecule has 5 heteroatoms. The highest BCUT2D eigenvalue weighted by molar-refractivity contribution is 5.74. The molecular weight excluding hydrogens is 254 g/mol. The molecule has 1 aliphatic rings. The van der Waals surface area contributed by atoms with Gasteiger partial charge in [0.1, 0.15) is 0 Å². The van der Waals surface area contributed by atoms with E-state index in [2.05, 4.69) is 36.3 Å². The van der Waals surface area contributed by atoms with E-state index in [0.29, 0.717) is 18.5 Å². The number of likely N-dealkylation sites (tertiary alicyclic amines) is 1. The van der Waals surface area contributed by atoms with E-state index in [1.165, 1.54) is 19.3 Å². The molecule has 3 N–H and O–H groups in total. The first-order chi connectivity index (χ1) is 9.52. The minimum atomic E-state index is -0.172. The maximum atomic E-state index is 11.8. The molecule has 5 nitrogen and oxygen atoms in total. The van der Waals surface area contributed by atoms with Gasteiger partial charge in [-0.05, 0) is 38.6 Å². The van der Waals surface area contributed by atoms with Crippen molar-refractivity contribution in [2.45, 2.75) is 58.5 Å². The van der Waals surface area contributed by atoms with Crippen molar-refractivity contribution >= 4 is 6.03 Å². The number of hydrogen-bond donors (Lipinski definition) is 3. The number of amides is 2. The third kappa shape index (κ3) is 6.57. The summed E-state index contributed by atoms with van der Waals surface area (Å²) in [6, 6.07) is 0.304. The number of nitrogens with zero attached hydrogens (tertiary/aromatic N) is 1. The summed E-state index contributed by atoms with van der Waals surface area (Å²) in [7, 11) is 0. The normalized spacial score (nSPS) is 21.8. The Morgan fingerprint density at radius 3 is 2.75 bits per heavy atom. The number of carbonyl (C=O) groups is 1. The molecule has 2 unspecified atom stereocenters. The summed E-state index contributed by atoms with van der Waals surface area (Å²) in [4.78, 5) is 14.2. The molecule has 0 aromatic heterocycles. The number of aliphatic hydroxyl groups is 1. The molecule has 1 saturated heterocycles. The van der Waals surface area contributed by atoms with Crippen molar-refractivity contribution in [2.24, 2.45) is 5.92 Å². The summed E-state index contributed by atoms with van der Waals surface area (Å²) in [5.74, 6) is 0.460. The van der Waals surface area contributed by atoms with E-state index in [-0.39, 0.29) is 18.7 Å². The van der Waals surface area contributed by atoms with Crippen molar-refractivity contribution in [3.8, 4) is 0 Å². The van der Waals surface area contributed by atoms with E-state index >= 15 is 0 Å². The molecule has 0 aromatic rings. The Labute approximate surface area is 123 Å². The number of nitrogens with one attached hydrogen (secondary N) is 2. The van der Waals surface area contributed by atoms with Crippen LogP contribution in [0.25, 0.3) is 0 Å². The van der Waals surface area contributed by atoms with Gasteiger partial charge in [0, 0.05) is 19.1 Å². The van der Waals surface area contributed by atoms with Crippen LogP contribution in [0.15, 0.2) is 0 Å². The first kappa shape index (κ1) is 17.2. The van der Waals surface area contributed by atoms with Crippen LogP contribution in [-0.4, -0.2) is 54.4 Å². The van der Waals surface area contributed by atoms with Crippen molar-refractivity contribution in [3.05, 3.63) is 0 Å². The van der Waals surface area contributed by atoms with Gasteiger partial charge in [0.15, 0.2) is 0 Å². The highest BCUT2D eigenvalue weighted by Gasteiger charge is 2.18. The summed E-state index contributed by atoms with van der Waals surface area (Å²) >= 11 is 0. The second-order valence-corrected chi connectivity index (χ2v) is 6.29. The smallest absolute Gasteiger partial charge is 0.315 e. The first-order valence-corrected chi connectivity index (χ1v) is 7.92. The third-order valence-electron chi connectivity index (χ3n) is 3.94. The fourth-order valence-electron chi connectivity index (χ4n) is 2.79. The van der Waals surface area contributed by atoms with E-state index in [4.69, 9.17) is 0 Å². The largest absolute Gasteiger partial charge is 0.394 e. The van der Waals surface area contributed by atoms with Crippen molar-refractivity contribution in [2.75, 3.05) is 26.2 Å². The van der Waals surface area contributed by atoms with Crippen LogP contribution in [0.4, 0.5) is 4.79 Å². The summed E-state index contributed by atoms with van der Waals surface area (Å²) in [6.45, 7) is 9.12. The Bertz CT molecular complexity index is 284. The van der Waals surface area contributed by atoms with Crippen LogP contribution in [0.1, 0.15) is 46.5 Å². The van der Waals surface area contributed by atoms with Gasteiger partial charge in [0.2, 0.25) is 0 Å². The molecular formula is C15H31N3O2. The number of piperidine rings is 1. The first-order valence-electron chi connectivity index (χ1n) is 7.92. The molecule has 1 aliphatic heterocycles. The quantitative estimate of drug-likeness (QED) is 0.665. The van der Waals surface area contributed by atoms with Gasteiger partial charge in [0.25, 0.3) is 0 Å². The molecule has 0 aromatic carbocycles.